The quantitative estimate of drug-likeness (QED) is 0.397. The third-order valence-corrected chi connectivity index (χ3v) is 6.19. The zero-order valence-electron chi connectivity index (χ0n) is 18.1. The fourth-order valence-electron chi connectivity index (χ4n) is 4.22. The summed E-state index contributed by atoms with van der Waals surface area (Å²) in [7, 11) is 0. The first kappa shape index (κ1) is 23.8. The van der Waals surface area contributed by atoms with E-state index in [0.717, 1.165) is 12.0 Å². The average Bonchev–Trinajstić information content (AvgIpc) is 2.75. The molecule has 1 aliphatic rings. The van der Waals surface area contributed by atoms with Gasteiger partial charge in [-0.1, -0.05) is 43.3 Å². The number of benzene rings is 2. The maximum atomic E-state index is 11.5. The standard InChI is InChI=1S/C24H32O7/c1-4-15-5-7-16(8-6-15)11-18-10-9-17(13-25)12-19(18)24(30)21(28)20(27)23(3,29)22(31-24)14(2)26/h5-10,12,14,20-22,25-30H,4,11,13H2,1-3H3/t14-,20+,21+,22+,23-,24+/m0/s1. The number of hydrogen-bond donors (Lipinski definition) is 6. The van der Waals surface area contributed by atoms with Gasteiger partial charge in [-0.3, -0.25) is 0 Å². The Morgan fingerprint density at radius 2 is 1.55 bits per heavy atom. The molecular weight excluding hydrogens is 400 g/mol. The van der Waals surface area contributed by atoms with Crippen molar-refractivity contribution in [1.29, 1.82) is 0 Å². The first-order chi connectivity index (χ1) is 14.5. The Hall–Kier alpha value is -1.84. The van der Waals surface area contributed by atoms with Crippen molar-refractivity contribution in [2.75, 3.05) is 0 Å². The van der Waals surface area contributed by atoms with E-state index in [1.165, 1.54) is 25.5 Å². The molecule has 0 amide bonds. The van der Waals surface area contributed by atoms with Crippen molar-refractivity contribution in [3.05, 3.63) is 70.3 Å². The van der Waals surface area contributed by atoms with Gasteiger partial charge in [0.15, 0.2) is 0 Å². The molecule has 31 heavy (non-hydrogen) atoms. The molecule has 0 aromatic heterocycles. The fraction of sp³-hybridized carbons (Fsp3) is 0.500. The van der Waals surface area contributed by atoms with Gasteiger partial charge in [-0.05, 0) is 55.0 Å². The first-order valence-electron chi connectivity index (χ1n) is 10.5. The van der Waals surface area contributed by atoms with Gasteiger partial charge in [0.05, 0.1) is 12.7 Å². The number of ether oxygens (including phenoxy) is 1. The van der Waals surface area contributed by atoms with Crippen LogP contribution in [0.15, 0.2) is 42.5 Å². The van der Waals surface area contributed by atoms with Gasteiger partial charge in [-0.25, -0.2) is 0 Å². The third kappa shape index (κ3) is 4.40. The van der Waals surface area contributed by atoms with Crippen LogP contribution in [0, 0.1) is 0 Å². The molecule has 3 rings (SSSR count). The van der Waals surface area contributed by atoms with E-state index < -0.39 is 35.8 Å². The maximum absolute atomic E-state index is 11.5. The molecule has 0 unspecified atom stereocenters. The Kier molecular flexibility index (Phi) is 6.88. The summed E-state index contributed by atoms with van der Waals surface area (Å²) in [6.07, 6.45) is -4.99. The van der Waals surface area contributed by atoms with Crippen LogP contribution in [0.5, 0.6) is 0 Å². The molecule has 0 bridgehead atoms. The molecule has 1 heterocycles. The van der Waals surface area contributed by atoms with Gasteiger partial charge in [0, 0.05) is 5.56 Å². The van der Waals surface area contributed by atoms with Crippen molar-refractivity contribution in [1.82, 2.24) is 0 Å². The minimum Gasteiger partial charge on any atom is -0.392 e. The smallest absolute Gasteiger partial charge is 0.222 e. The van der Waals surface area contributed by atoms with Gasteiger partial charge in [-0.2, -0.15) is 0 Å². The number of aryl methyl sites for hydroxylation is 1. The van der Waals surface area contributed by atoms with Crippen LogP contribution in [0.4, 0.5) is 0 Å². The van der Waals surface area contributed by atoms with E-state index in [1.807, 2.05) is 24.3 Å². The SMILES string of the molecule is CCc1ccc(Cc2ccc(CO)cc2[C@@]2(O)O[C@H]([C@H](C)O)[C@@](C)(O)[C@H](O)[C@H]2O)cc1. The molecule has 0 spiro atoms. The van der Waals surface area contributed by atoms with E-state index in [-0.39, 0.29) is 12.2 Å². The minimum atomic E-state index is -2.41. The Labute approximate surface area is 182 Å². The molecule has 6 N–H and O–H groups in total. The normalized spacial score (nSPS) is 32.1. The first-order valence-corrected chi connectivity index (χ1v) is 10.5. The topological polar surface area (TPSA) is 131 Å². The second-order valence-corrected chi connectivity index (χ2v) is 8.59. The molecule has 7 heteroatoms. The van der Waals surface area contributed by atoms with Crippen molar-refractivity contribution in [3.8, 4) is 0 Å². The average molecular weight is 433 g/mol. The highest BCUT2D eigenvalue weighted by Gasteiger charge is 2.60. The minimum absolute atomic E-state index is 0.159. The molecular formula is C24H32O7. The van der Waals surface area contributed by atoms with E-state index in [9.17, 15) is 30.6 Å². The predicted molar refractivity (Wildman–Crippen MR) is 114 cm³/mol. The number of hydrogen-bond acceptors (Lipinski definition) is 7. The Morgan fingerprint density at radius 3 is 2.10 bits per heavy atom. The number of aliphatic hydroxyl groups excluding tert-OH is 4. The van der Waals surface area contributed by atoms with Gasteiger partial charge in [0.2, 0.25) is 5.79 Å². The highest BCUT2D eigenvalue weighted by atomic mass is 16.7. The molecule has 6 atom stereocenters. The lowest BCUT2D eigenvalue weighted by Crippen LogP contribution is -2.70. The Morgan fingerprint density at radius 1 is 0.968 bits per heavy atom. The highest BCUT2D eigenvalue weighted by Crippen LogP contribution is 2.43. The van der Waals surface area contributed by atoms with E-state index in [2.05, 4.69) is 6.92 Å². The van der Waals surface area contributed by atoms with Crippen molar-refractivity contribution in [2.24, 2.45) is 0 Å². The summed E-state index contributed by atoms with van der Waals surface area (Å²) in [6, 6.07) is 12.9. The van der Waals surface area contributed by atoms with Crippen molar-refractivity contribution < 1.29 is 35.4 Å². The number of aliphatic hydroxyl groups is 6. The molecule has 1 saturated heterocycles. The molecule has 0 saturated carbocycles. The van der Waals surface area contributed by atoms with Crippen molar-refractivity contribution >= 4 is 0 Å². The van der Waals surface area contributed by atoms with Crippen LogP contribution in [0.3, 0.4) is 0 Å². The summed E-state index contributed by atoms with van der Waals surface area (Å²) in [4.78, 5) is 0. The van der Waals surface area contributed by atoms with Gasteiger partial charge in [-0.15, -0.1) is 0 Å². The van der Waals surface area contributed by atoms with E-state index in [0.29, 0.717) is 17.5 Å². The zero-order valence-corrected chi connectivity index (χ0v) is 18.1. The van der Waals surface area contributed by atoms with E-state index >= 15 is 0 Å². The largest absolute Gasteiger partial charge is 0.392 e. The van der Waals surface area contributed by atoms with Crippen LogP contribution in [0.25, 0.3) is 0 Å². The van der Waals surface area contributed by atoms with Gasteiger partial charge < -0.3 is 35.4 Å². The van der Waals surface area contributed by atoms with Gasteiger partial charge >= 0.3 is 0 Å². The molecule has 2 aromatic rings. The summed E-state index contributed by atoms with van der Waals surface area (Å²) in [5.74, 6) is -2.41. The van der Waals surface area contributed by atoms with Gasteiger partial charge in [0.1, 0.15) is 23.9 Å². The molecule has 0 aliphatic carbocycles. The monoisotopic (exact) mass is 432 g/mol. The lowest BCUT2D eigenvalue weighted by molar-refractivity contribution is -0.385. The molecule has 1 aliphatic heterocycles. The molecule has 7 nitrogen and oxygen atoms in total. The summed E-state index contributed by atoms with van der Waals surface area (Å²) < 4.78 is 5.70. The Balaban J connectivity index is 2.08. The second-order valence-electron chi connectivity index (χ2n) is 8.59. The Bertz CT molecular complexity index is 893. The van der Waals surface area contributed by atoms with Crippen molar-refractivity contribution in [3.63, 3.8) is 0 Å². The number of rotatable bonds is 6. The lowest BCUT2D eigenvalue weighted by Gasteiger charge is -2.52. The fourth-order valence-corrected chi connectivity index (χ4v) is 4.22. The third-order valence-electron chi connectivity index (χ3n) is 6.19. The summed E-state index contributed by atoms with van der Waals surface area (Å²) in [5, 5.41) is 63.2. The van der Waals surface area contributed by atoms with Gasteiger partial charge in [0.25, 0.3) is 0 Å². The van der Waals surface area contributed by atoms with Crippen LogP contribution < -0.4 is 0 Å². The summed E-state index contributed by atoms with van der Waals surface area (Å²) in [5.41, 5.74) is 1.40. The van der Waals surface area contributed by atoms with Crippen LogP contribution >= 0.6 is 0 Å². The van der Waals surface area contributed by atoms with Crippen LogP contribution in [-0.2, 0) is 30.0 Å². The van der Waals surface area contributed by atoms with Crippen molar-refractivity contribution in [2.45, 2.75) is 76.0 Å². The molecule has 1 fully saturated rings. The van der Waals surface area contributed by atoms with Crippen LogP contribution in [-0.4, -0.2) is 60.7 Å². The highest BCUT2D eigenvalue weighted by molar-refractivity contribution is 5.40. The summed E-state index contributed by atoms with van der Waals surface area (Å²) >= 11 is 0. The van der Waals surface area contributed by atoms with Crippen LogP contribution in [0.2, 0.25) is 0 Å². The summed E-state index contributed by atoms with van der Waals surface area (Å²) in [6.45, 7) is 4.37. The predicted octanol–water partition coefficient (Wildman–Crippen LogP) is 0.730. The zero-order chi connectivity index (χ0) is 23.0. The molecule has 0 radical (unpaired) electrons. The van der Waals surface area contributed by atoms with Crippen LogP contribution in [0.1, 0.15) is 48.6 Å². The lowest BCUT2D eigenvalue weighted by atomic mass is 9.77. The maximum Gasteiger partial charge on any atom is 0.222 e. The molecule has 170 valence electrons. The molecule has 2 aromatic carbocycles. The second kappa shape index (κ2) is 8.96. The van der Waals surface area contributed by atoms with E-state index in [4.69, 9.17) is 4.74 Å². The van der Waals surface area contributed by atoms with E-state index in [1.54, 1.807) is 12.1 Å².